The molecule has 4 heteroatoms. The minimum atomic E-state index is -0.231. The van der Waals surface area contributed by atoms with Crippen LogP contribution in [0.1, 0.15) is 308 Å². The first-order valence-corrected chi connectivity index (χ1v) is 38.0. The lowest BCUT2D eigenvalue weighted by Gasteiger charge is -2.29. The Balaban J connectivity index is 1.34. The summed E-state index contributed by atoms with van der Waals surface area (Å²) in [5, 5.41) is 4.44. The molecule has 0 unspecified atom stereocenters. The van der Waals surface area contributed by atoms with Gasteiger partial charge in [0.15, 0.2) is 0 Å². The molecule has 0 N–H and O–H groups in total. The molecule has 9 aromatic rings. The molecule has 0 amide bonds. The van der Waals surface area contributed by atoms with E-state index in [1.165, 1.54) is 0 Å². The van der Waals surface area contributed by atoms with Gasteiger partial charge in [0, 0.05) is 100 Å². The quantitative estimate of drug-likeness (QED) is 0.123. The third-order valence-electron chi connectivity index (χ3n) is 20.4. The molecule has 106 heavy (non-hydrogen) atoms. The Labute approximate surface area is 641 Å². The van der Waals surface area contributed by atoms with Crippen LogP contribution in [0, 0.1) is 47.4 Å². The van der Waals surface area contributed by atoms with Gasteiger partial charge >= 0.3 is 0 Å². The minimum Gasteiger partial charge on any atom is -0.496 e. The van der Waals surface area contributed by atoms with E-state index in [9.17, 15) is 0 Å². The zero-order chi connectivity index (χ0) is 78.9. The Morgan fingerprint density at radius 3 is 0.547 bits per heavy atom. The number of benzene rings is 9. The summed E-state index contributed by atoms with van der Waals surface area (Å²) in [6, 6.07) is 45.5. The number of ether oxygens (including phenoxy) is 4. The molecule has 9 aromatic carbocycles. The molecule has 0 spiro atoms. The molecule has 0 fully saturated rings. The summed E-state index contributed by atoms with van der Waals surface area (Å²) in [5.41, 5.74) is 20.7. The number of rotatable bonds is 6. The van der Waals surface area contributed by atoms with Gasteiger partial charge in [0.1, 0.15) is 23.0 Å². The summed E-state index contributed by atoms with van der Waals surface area (Å²) in [6.45, 7) is 67.6. The topological polar surface area (TPSA) is 36.9 Å². The zero-order valence-electron chi connectivity index (χ0n) is 71.2. The summed E-state index contributed by atoms with van der Waals surface area (Å²) in [6.07, 6.45) is 0. The molecular formula is C102H122O4. The third-order valence-corrected chi connectivity index (χ3v) is 20.4. The van der Waals surface area contributed by atoms with Crippen molar-refractivity contribution < 1.29 is 18.9 Å². The lowest BCUT2D eigenvalue weighted by molar-refractivity contribution is 0.381. The van der Waals surface area contributed by atoms with Gasteiger partial charge in [-0.25, -0.2) is 0 Å². The minimum absolute atomic E-state index is 0.202. The monoisotopic (exact) mass is 1410 g/mol. The van der Waals surface area contributed by atoms with Crippen LogP contribution in [0.15, 0.2) is 121 Å². The Bertz CT molecular complexity index is 4470. The molecule has 554 valence electrons. The SMILES string of the molecule is COc1c(C(C)(C)C)cc(C#Cc2cc(C(C)(C)C)cc(C#Cc3cc(C(C)(C)C)c(OC)c(C(C)(C)C)c3)c2-c2ccc3cc4cc(-c5c(C#Cc6cc(C(C)(C)C)c(OC)c(C(C)(C)C)c6)cc(C(C)(C)C)cc5C#Cc5cc(C(C)(C)C)c(OC)c(C(C)(C)C)c5)ccc4cc3c2)cc1C(C)(C)C. The summed E-state index contributed by atoms with van der Waals surface area (Å²) < 4.78 is 25.0. The van der Waals surface area contributed by atoms with Crippen molar-refractivity contribution in [1.82, 2.24) is 0 Å². The predicted octanol–water partition coefficient (Wildman–Crippen LogP) is 25.9. The van der Waals surface area contributed by atoms with Gasteiger partial charge in [0.25, 0.3) is 0 Å². The van der Waals surface area contributed by atoms with Crippen LogP contribution in [0.5, 0.6) is 23.0 Å². The molecule has 0 heterocycles. The van der Waals surface area contributed by atoms with Gasteiger partial charge in [-0.15, -0.1) is 0 Å². The van der Waals surface area contributed by atoms with Gasteiger partial charge in [0.05, 0.1) is 28.4 Å². The summed E-state index contributed by atoms with van der Waals surface area (Å²) >= 11 is 0. The van der Waals surface area contributed by atoms with E-state index in [1.54, 1.807) is 28.4 Å². The number of hydrogen-bond donors (Lipinski definition) is 0. The zero-order valence-corrected chi connectivity index (χ0v) is 71.2. The van der Waals surface area contributed by atoms with Crippen LogP contribution in [-0.4, -0.2) is 28.4 Å². The van der Waals surface area contributed by atoms with E-state index in [1.807, 2.05) is 0 Å². The van der Waals surface area contributed by atoms with Gasteiger partial charge in [-0.05, 0) is 195 Å². The van der Waals surface area contributed by atoms with E-state index >= 15 is 0 Å². The van der Waals surface area contributed by atoms with Crippen molar-refractivity contribution in [2.75, 3.05) is 28.4 Å². The molecule has 0 saturated carbocycles. The van der Waals surface area contributed by atoms with Crippen LogP contribution in [0.2, 0.25) is 0 Å². The Hall–Kier alpha value is -9.06. The molecule has 0 bridgehead atoms. The second kappa shape index (κ2) is 28.9. The molecule has 0 aliphatic heterocycles. The first-order valence-electron chi connectivity index (χ1n) is 38.0. The van der Waals surface area contributed by atoms with Crippen LogP contribution in [0.25, 0.3) is 43.8 Å². The van der Waals surface area contributed by atoms with Gasteiger partial charge in [0.2, 0.25) is 0 Å². The molecule has 4 nitrogen and oxygen atoms in total. The fraction of sp³-hybridized carbons (Fsp3) is 0.431. The lowest BCUT2D eigenvalue weighted by atomic mass is 9.78. The van der Waals surface area contributed by atoms with E-state index in [0.29, 0.717) is 0 Å². The highest BCUT2D eigenvalue weighted by molar-refractivity contribution is 6.02. The number of methoxy groups -OCH3 is 4. The highest BCUT2D eigenvalue weighted by Gasteiger charge is 2.33. The van der Waals surface area contributed by atoms with E-state index in [-0.39, 0.29) is 54.1 Å². The maximum atomic E-state index is 6.25. The Morgan fingerprint density at radius 2 is 0.387 bits per heavy atom. The van der Waals surface area contributed by atoms with Crippen molar-refractivity contribution in [3.8, 4) is 92.6 Å². The van der Waals surface area contributed by atoms with Gasteiger partial charge in [-0.2, -0.15) is 0 Å². The van der Waals surface area contributed by atoms with Gasteiger partial charge in [-0.3, -0.25) is 0 Å². The van der Waals surface area contributed by atoms with Crippen LogP contribution in [0.3, 0.4) is 0 Å². The highest BCUT2D eigenvalue weighted by Crippen LogP contribution is 2.47. The normalized spacial score (nSPS) is 12.7. The predicted molar refractivity (Wildman–Crippen MR) is 455 cm³/mol. The largest absolute Gasteiger partial charge is 0.496 e. The number of hydrogen-bond acceptors (Lipinski definition) is 4. The summed E-state index contributed by atoms with van der Waals surface area (Å²) in [4.78, 5) is 0. The first-order chi connectivity index (χ1) is 48.6. The van der Waals surface area contributed by atoms with E-state index in [2.05, 4.69) is 376 Å². The first kappa shape index (κ1) is 81.0. The Morgan fingerprint density at radius 1 is 0.198 bits per heavy atom. The van der Waals surface area contributed by atoms with Crippen molar-refractivity contribution in [3.05, 3.63) is 221 Å². The van der Waals surface area contributed by atoms with E-state index in [4.69, 9.17) is 18.9 Å². The molecule has 0 radical (unpaired) electrons. The standard InChI is InChI=1S/C102H122O4/c1-93(2,3)77-59-71(39-35-63-47-79(95(7,8)9)89(103-31)80(48-63)96(10,11)12)87(72(60-77)40-36-64-49-81(97(13,14)15)90(104-32)82(50-64)98(16,17)18)69-45-43-67-56-76-58-70(46-44-68(76)55-75(67)57-69)88-73(41-37-65-51-83(99(19,20)21)91(105-33)84(52-65)100(22,23)24)61-78(94(4,5)6)62-74(88)42-38-66-53-85(101(25,26)27)92(106-34)86(54-66)102(28,29)30/h43-62H,1-34H3. The smallest absolute Gasteiger partial charge is 0.126 e. The maximum absolute atomic E-state index is 6.25. The molecule has 0 aliphatic rings. The van der Waals surface area contributed by atoms with Crippen molar-refractivity contribution in [3.63, 3.8) is 0 Å². The molecule has 0 aromatic heterocycles. The summed E-state index contributed by atoms with van der Waals surface area (Å²) in [7, 11) is 7.15. The fourth-order valence-corrected chi connectivity index (χ4v) is 14.2. The average molecular weight is 1410 g/mol. The average Bonchev–Trinajstić information content (AvgIpc) is 1.53. The molecule has 0 atom stereocenters. The van der Waals surface area contributed by atoms with Crippen molar-refractivity contribution in [2.24, 2.45) is 0 Å². The molecule has 9 rings (SSSR count). The molecule has 0 aliphatic carbocycles. The van der Waals surface area contributed by atoms with Crippen LogP contribution >= 0.6 is 0 Å². The third kappa shape index (κ3) is 17.8. The Kier molecular flexibility index (Phi) is 22.1. The summed E-state index contributed by atoms with van der Waals surface area (Å²) in [5.74, 6) is 34.1. The van der Waals surface area contributed by atoms with E-state index in [0.717, 1.165) is 167 Å². The highest BCUT2D eigenvalue weighted by atomic mass is 16.5. The fourth-order valence-electron chi connectivity index (χ4n) is 14.2. The van der Waals surface area contributed by atoms with Crippen LogP contribution < -0.4 is 18.9 Å². The van der Waals surface area contributed by atoms with Crippen LogP contribution in [0.4, 0.5) is 0 Å². The van der Waals surface area contributed by atoms with Crippen molar-refractivity contribution in [1.29, 1.82) is 0 Å². The second-order valence-corrected chi connectivity index (χ2v) is 39.8. The molecular weight excluding hydrogens is 1290 g/mol. The van der Waals surface area contributed by atoms with Gasteiger partial charge < -0.3 is 18.9 Å². The lowest BCUT2D eigenvalue weighted by Crippen LogP contribution is -2.19. The van der Waals surface area contributed by atoms with Crippen molar-refractivity contribution in [2.45, 2.75) is 262 Å². The maximum Gasteiger partial charge on any atom is 0.126 e. The van der Waals surface area contributed by atoms with Gasteiger partial charge in [-0.1, -0.05) is 279 Å². The number of fused-ring (bicyclic) bond motifs is 2. The second-order valence-electron chi connectivity index (χ2n) is 39.8. The van der Waals surface area contributed by atoms with Crippen LogP contribution in [-0.2, 0) is 54.1 Å². The molecule has 0 saturated heterocycles. The van der Waals surface area contributed by atoms with E-state index < -0.39 is 0 Å². The van der Waals surface area contributed by atoms with Crippen molar-refractivity contribution >= 4 is 21.5 Å².